The summed E-state index contributed by atoms with van der Waals surface area (Å²) in [7, 11) is 0. The molecule has 1 heterocycles. The molecule has 2 N–H and O–H groups in total. The van der Waals surface area contributed by atoms with Crippen LogP contribution in [0.2, 0.25) is 0 Å². The van der Waals surface area contributed by atoms with Crippen molar-refractivity contribution < 1.29 is 0 Å². The smallest absolute Gasteiger partial charge is 0.0496 e. The Kier molecular flexibility index (Phi) is 3.89. The minimum Gasteiger partial charge on any atom is -0.344 e. The lowest BCUT2D eigenvalue weighted by molar-refractivity contribution is 0.547. The first-order chi connectivity index (χ1) is 8.17. The zero-order valence-corrected chi connectivity index (χ0v) is 12.0. The van der Waals surface area contributed by atoms with E-state index in [2.05, 4.69) is 58.7 Å². The lowest BCUT2D eigenvalue weighted by atomic mass is 10.1. The Labute approximate surface area is 111 Å². The molecule has 1 aromatic carbocycles. The second kappa shape index (κ2) is 5.23. The molecule has 0 aliphatic heterocycles. The monoisotopic (exact) mass is 294 g/mol. The fourth-order valence-corrected chi connectivity index (χ4v) is 2.56. The van der Waals surface area contributed by atoms with Crippen LogP contribution in [0.3, 0.4) is 0 Å². The van der Waals surface area contributed by atoms with Crippen LogP contribution < -0.4 is 5.73 Å². The van der Waals surface area contributed by atoms with E-state index < -0.39 is 0 Å². The van der Waals surface area contributed by atoms with Gasteiger partial charge in [-0.3, -0.25) is 0 Å². The van der Waals surface area contributed by atoms with E-state index >= 15 is 0 Å². The van der Waals surface area contributed by atoms with Crippen molar-refractivity contribution in [3.63, 3.8) is 0 Å². The molecule has 0 bridgehead atoms. The van der Waals surface area contributed by atoms with Crippen molar-refractivity contribution in [3.05, 3.63) is 34.4 Å². The summed E-state index contributed by atoms with van der Waals surface area (Å²) in [6, 6.07) is 7.01. The summed E-state index contributed by atoms with van der Waals surface area (Å²) in [6.07, 6.45) is 4.35. The summed E-state index contributed by atoms with van der Waals surface area (Å²) in [5.74, 6) is 0. The second-order valence-corrected chi connectivity index (χ2v) is 5.43. The molecule has 0 aliphatic rings. The number of nitrogens with zero attached hydrogens (tertiary/aromatic N) is 1. The highest BCUT2D eigenvalue weighted by atomic mass is 79.9. The van der Waals surface area contributed by atoms with E-state index in [4.69, 9.17) is 5.73 Å². The van der Waals surface area contributed by atoms with Crippen molar-refractivity contribution in [2.45, 2.75) is 32.7 Å². The maximum atomic E-state index is 5.68. The van der Waals surface area contributed by atoms with Gasteiger partial charge < -0.3 is 10.3 Å². The van der Waals surface area contributed by atoms with E-state index in [0.717, 1.165) is 17.3 Å². The lowest BCUT2D eigenvalue weighted by Crippen LogP contribution is -2.03. The van der Waals surface area contributed by atoms with E-state index in [0.29, 0.717) is 12.6 Å². The Morgan fingerprint density at radius 3 is 2.82 bits per heavy atom. The first kappa shape index (κ1) is 12.7. The van der Waals surface area contributed by atoms with E-state index in [1.165, 1.54) is 16.5 Å². The summed E-state index contributed by atoms with van der Waals surface area (Å²) in [6.45, 7) is 5.18. The highest BCUT2D eigenvalue weighted by molar-refractivity contribution is 9.10. The molecule has 92 valence electrons. The molecule has 0 saturated carbocycles. The van der Waals surface area contributed by atoms with Crippen molar-refractivity contribution in [2.24, 2.45) is 5.73 Å². The Bertz CT molecular complexity index is 516. The third kappa shape index (κ3) is 2.40. The van der Waals surface area contributed by atoms with Gasteiger partial charge in [-0.1, -0.05) is 28.9 Å². The van der Waals surface area contributed by atoms with E-state index in [9.17, 15) is 0 Å². The lowest BCUT2D eigenvalue weighted by Gasteiger charge is -2.12. The average molecular weight is 295 g/mol. The van der Waals surface area contributed by atoms with Crippen LogP contribution >= 0.6 is 15.9 Å². The van der Waals surface area contributed by atoms with Crippen LogP contribution in [0.25, 0.3) is 10.9 Å². The third-order valence-electron chi connectivity index (χ3n) is 3.36. The standard InChI is InChI=1S/C14H19BrN2/c1-3-10(2)17-9-11(6-7-16)13-5-4-12(15)8-14(13)17/h4-5,8-10H,3,6-7,16H2,1-2H3. The van der Waals surface area contributed by atoms with Gasteiger partial charge in [-0.05, 0) is 44.0 Å². The van der Waals surface area contributed by atoms with Crippen LogP contribution in [0.15, 0.2) is 28.9 Å². The average Bonchev–Trinajstić information content (AvgIpc) is 2.67. The quantitative estimate of drug-likeness (QED) is 0.912. The molecule has 0 radical (unpaired) electrons. The SMILES string of the molecule is CCC(C)n1cc(CCN)c2ccc(Br)cc21. The van der Waals surface area contributed by atoms with Gasteiger partial charge in [0.1, 0.15) is 0 Å². The van der Waals surface area contributed by atoms with Crippen LogP contribution in [0, 0.1) is 0 Å². The molecule has 1 unspecified atom stereocenters. The minimum atomic E-state index is 0.526. The number of fused-ring (bicyclic) bond motifs is 1. The second-order valence-electron chi connectivity index (χ2n) is 4.52. The van der Waals surface area contributed by atoms with Gasteiger partial charge in [0.2, 0.25) is 0 Å². The molecule has 0 fully saturated rings. The molecule has 0 aliphatic carbocycles. The molecule has 2 nitrogen and oxygen atoms in total. The van der Waals surface area contributed by atoms with Crippen LogP contribution in [0.4, 0.5) is 0 Å². The predicted molar refractivity (Wildman–Crippen MR) is 77.4 cm³/mol. The normalized spacial score (nSPS) is 13.2. The first-order valence-electron chi connectivity index (χ1n) is 6.16. The van der Waals surface area contributed by atoms with Crippen LogP contribution in [-0.2, 0) is 6.42 Å². The molecule has 1 aromatic heterocycles. The predicted octanol–water partition coefficient (Wildman–Crippen LogP) is 3.88. The molecule has 0 spiro atoms. The number of aromatic nitrogens is 1. The number of benzene rings is 1. The largest absolute Gasteiger partial charge is 0.344 e. The Hall–Kier alpha value is -0.800. The fourth-order valence-electron chi connectivity index (χ4n) is 2.21. The zero-order chi connectivity index (χ0) is 12.4. The van der Waals surface area contributed by atoms with Gasteiger partial charge >= 0.3 is 0 Å². The Balaban J connectivity index is 2.62. The Morgan fingerprint density at radius 1 is 1.41 bits per heavy atom. The fraction of sp³-hybridized carbons (Fsp3) is 0.429. The summed E-state index contributed by atoms with van der Waals surface area (Å²) in [5.41, 5.74) is 8.34. The van der Waals surface area contributed by atoms with E-state index in [1.807, 2.05) is 0 Å². The molecular formula is C14H19BrN2. The molecule has 2 aromatic rings. The van der Waals surface area contributed by atoms with Crippen molar-refractivity contribution in [1.29, 1.82) is 0 Å². The van der Waals surface area contributed by atoms with Crippen LogP contribution in [0.5, 0.6) is 0 Å². The molecule has 3 heteroatoms. The number of halogens is 1. The molecule has 2 rings (SSSR count). The summed E-state index contributed by atoms with van der Waals surface area (Å²) < 4.78 is 3.50. The van der Waals surface area contributed by atoms with Gasteiger partial charge in [0.25, 0.3) is 0 Å². The number of rotatable bonds is 4. The van der Waals surface area contributed by atoms with Crippen molar-refractivity contribution in [3.8, 4) is 0 Å². The maximum Gasteiger partial charge on any atom is 0.0496 e. The number of nitrogens with two attached hydrogens (primary N) is 1. The molecular weight excluding hydrogens is 276 g/mol. The molecule has 0 amide bonds. The van der Waals surface area contributed by atoms with Crippen LogP contribution in [0.1, 0.15) is 31.9 Å². The first-order valence-corrected chi connectivity index (χ1v) is 6.95. The van der Waals surface area contributed by atoms with E-state index in [1.54, 1.807) is 0 Å². The van der Waals surface area contributed by atoms with Gasteiger partial charge in [-0.25, -0.2) is 0 Å². The summed E-state index contributed by atoms with van der Waals surface area (Å²) in [4.78, 5) is 0. The highest BCUT2D eigenvalue weighted by Crippen LogP contribution is 2.28. The topological polar surface area (TPSA) is 30.9 Å². The third-order valence-corrected chi connectivity index (χ3v) is 3.85. The summed E-state index contributed by atoms with van der Waals surface area (Å²) in [5, 5.41) is 1.33. The minimum absolute atomic E-state index is 0.526. The molecule has 1 atom stereocenters. The van der Waals surface area contributed by atoms with Crippen molar-refractivity contribution in [1.82, 2.24) is 4.57 Å². The molecule has 0 saturated heterocycles. The maximum absolute atomic E-state index is 5.68. The zero-order valence-electron chi connectivity index (χ0n) is 10.4. The summed E-state index contributed by atoms with van der Waals surface area (Å²) >= 11 is 3.55. The van der Waals surface area contributed by atoms with Gasteiger partial charge in [0.15, 0.2) is 0 Å². The van der Waals surface area contributed by atoms with Crippen molar-refractivity contribution >= 4 is 26.8 Å². The van der Waals surface area contributed by atoms with Gasteiger partial charge in [-0.15, -0.1) is 0 Å². The Morgan fingerprint density at radius 2 is 2.18 bits per heavy atom. The molecule has 17 heavy (non-hydrogen) atoms. The number of hydrogen-bond donors (Lipinski definition) is 1. The van der Waals surface area contributed by atoms with Gasteiger partial charge in [0.05, 0.1) is 0 Å². The highest BCUT2D eigenvalue weighted by Gasteiger charge is 2.11. The van der Waals surface area contributed by atoms with Crippen molar-refractivity contribution in [2.75, 3.05) is 6.54 Å². The number of hydrogen-bond acceptors (Lipinski definition) is 1. The van der Waals surface area contributed by atoms with Gasteiger partial charge in [0, 0.05) is 27.6 Å². The van der Waals surface area contributed by atoms with Crippen LogP contribution in [-0.4, -0.2) is 11.1 Å². The van der Waals surface area contributed by atoms with Gasteiger partial charge in [-0.2, -0.15) is 0 Å². The van der Waals surface area contributed by atoms with E-state index in [-0.39, 0.29) is 0 Å².